The molecule has 37 heavy (non-hydrogen) atoms. The number of carbonyl (C=O) groups excluding carboxylic acids is 2. The van der Waals surface area contributed by atoms with Crippen molar-refractivity contribution in [1.82, 2.24) is 0 Å². The molecule has 1 aliphatic rings. The van der Waals surface area contributed by atoms with Crippen molar-refractivity contribution in [3.05, 3.63) is 80.8 Å². The van der Waals surface area contributed by atoms with Crippen LogP contribution in [0.3, 0.4) is 0 Å². The average molecular weight is 563 g/mol. The smallest absolute Gasteiger partial charge is 0.339 e. The number of hydrogen-bond donors (Lipinski definition) is 1. The first kappa shape index (κ1) is 26.8. The van der Waals surface area contributed by atoms with Crippen LogP contribution in [-0.2, 0) is 21.2 Å². The molecule has 0 aromatic heterocycles. The zero-order valence-electron chi connectivity index (χ0n) is 20.3. The predicted molar refractivity (Wildman–Crippen MR) is 143 cm³/mol. The summed E-state index contributed by atoms with van der Waals surface area (Å²) in [7, 11) is -2.64. The quantitative estimate of drug-likeness (QED) is 0.382. The van der Waals surface area contributed by atoms with E-state index in [-0.39, 0.29) is 45.0 Å². The average Bonchev–Trinajstić information content (AvgIpc) is 3.30. The van der Waals surface area contributed by atoms with Crippen LogP contribution in [0.15, 0.2) is 53.4 Å². The van der Waals surface area contributed by atoms with Crippen molar-refractivity contribution in [3.63, 3.8) is 0 Å². The van der Waals surface area contributed by atoms with Crippen molar-refractivity contribution >= 4 is 56.5 Å². The number of fused-ring (bicyclic) bond motifs is 1. The summed E-state index contributed by atoms with van der Waals surface area (Å²) in [5.74, 6) is -0.848. The van der Waals surface area contributed by atoms with Crippen LogP contribution in [0, 0.1) is 6.92 Å². The van der Waals surface area contributed by atoms with Gasteiger partial charge >= 0.3 is 5.97 Å². The van der Waals surface area contributed by atoms with Crippen molar-refractivity contribution in [2.45, 2.75) is 25.2 Å². The van der Waals surface area contributed by atoms with E-state index in [2.05, 4.69) is 5.32 Å². The summed E-state index contributed by atoms with van der Waals surface area (Å²) < 4.78 is 38.7. The van der Waals surface area contributed by atoms with Gasteiger partial charge in [-0.1, -0.05) is 23.2 Å². The van der Waals surface area contributed by atoms with Gasteiger partial charge in [0, 0.05) is 22.8 Å². The maximum Gasteiger partial charge on any atom is 0.339 e. The molecule has 0 spiro atoms. The van der Waals surface area contributed by atoms with E-state index < -0.39 is 21.9 Å². The van der Waals surface area contributed by atoms with Crippen LogP contribution in [0.5, 0.6) is 5.75 Å². The number of benzene rings is 3. The number of halogens is 2. The van der Waals surface area contributed by atoms with Gasteiger partial charge < -0.3 is 14.8 Å². The van der Waals surface area contributed by atoms with Gasteiger partial charge in [0.05, 0.1) is 30.0 Å². The van der Waals surface area contributed by atoms with Crippen LogP contribution in [0.25, 0.3) is 0 Å². The minimum atomic E-state index is -4.03. The number of carbonyl (C=O) groups is 2. The molecule has 11 heteroatoms. The zero-order valence-corrected chi connectivity index (χ0v) is 22.6. The van der Waals surface area contributed by atoms with E-state index in [0.29, 0.717) is 17.8 Å². The molecule has 1 heterocycles. The van der Waals surface area contributed by atoms with Gasteiger partial charge in [-0.2, -0.15) is 0 Å². The third-order valence-corrected chi connectivity index (χ3v) is 8.34. The molecule has 4 rings (SSSR count). The van der Waals surface area contributed by atoms with Crippen molar-refractivity contribution in [1.29, 1.82) is 0 Å². The van der Waals surface area contributed by atoms with E-state index in [1.807, 2.05) is 6.92 Å². The van der Waals surface area contributed by atoms with Crippen molar-refractivity contribution in [2.24, 2.45) is 0 Å². The summed E-state index contributed by atoms with van der Waals surface area (Å²) in [6.07, 6.45) is 0.496. The molecule has 8 nitrogen and oxygen atoms in total. The number of nitrogens with one attached hydrogen (secondary N) is 1. The van der Waals surface area contributed by atoms with E-state index in [1.54, 1.807) is 31.2 Å². The first-order valence-corrected chi connectivity index (χ1v) is 13.5. The third kappa shape index (κ3) is 5.25. The Hall–Kier alpha value is -3.27. The largest absolute Gasteiger partial charge is 0.495 e. The number of anilines is 2. The second kappa shape index (κ2) is 10.6. The molecule has 3 aromatic carbocycles. The summed E-state index contributed by atoms with van der Waals surface area (Å²) in [6, 6.07) is 12.1. The lowest BCUT2D eigenvalue weighted by molar-refractivity contribution is 0.0526. The van der Waals surface area contributed by atoms with Gasteiger partial charge in [0.1, 0.15) is 10.6 Å². The molecule has 0 bridgehead atoms. The molecule has 0 radical (unpaired) electrons. The molecular formula is C26H24Cl2N2O6S. The molecular weight excluding hydrogens is 539 g/mol. The van der Waals surface area contributed by atoms with Crippen LogP contribution >= 0.6 is 23.2 Å². The van der Waals surface area contributed by atoms with Crippen LogP contribution in [0.1, 0.15) is 38.8 Å². The van der Waals surface area contributed by atoms with Crippen LogP contribution in [0.2, 0.25) is 10.0 Å². The maximum atomic E-state index is 13.6. The number of aryl methyl sites for hydroxylation is 1. The summed E-state index contributed by atoms with van der Waals surface area (Å²) in [6.45, 7) is 3.94. The van der Waals surface area contributed by atoms with E-state index in [0.717, 1.165) is 11.1 Å². The number of methoxy groups -OCH3 is 1. The predicted octanol–water partition coefficient (Wildman–Crippen LogP) is 5.49. The second-order valence-electron chi connectivity index (χ2n) is 8.28. The minimum absolute atomic E-state index is 0.0563. The minimum Gasteiger partial charge on any atom is -0.495 e. The highest BCUT2D eigenvalue weighted by Crippen LogP contribution is 2.39. The van der Waals surface area contributed by atoms with Gasteiger partial charge in [0.2, 0.25) is 0 Å². The topological polar surface area (TPSA) is 102 Å². The van der Waals surface area contributed by atoms with Gasteiger partial charge in [-0.25, -0.2) is 13.2 Å². The summed E-state index contributed by atoms with van der Waals surface area (Å²) >= 11 is 12.3. The molecule has 0 saturated carbocycles. The Labute approximate surface area is 225 Å². The second-order valence-corrected chi connectivity index (χ2v) is 11.0. The SMILES string of the molecule is CCOC(=O)c1ccc(NC(=O)c2cc(C)c3c(c2)N(S(=O)(=O)c2cc(Cl)ccc2OC)CC3)cc1Cl. The van der Waals surface area contributed by atoms with E-state index in [9.17, 15) is 18.0 Å². The lowest BCUT2D eigenvalue weighted by Crippen LogP contribution is -2.29. The Morgan fingerprint density at radius 1 is 1.08 bits per heavy atom. The number of amides is 1. The Kier molecular flexibility index (Phi) is 7.68. The first-order chi connectivity index (χ1) is 17.6. The standard InChI is InChI=1S/C26H24Cl2N2O6S/c1-4-36-26(32)20-7-6-18(14-21(20)28)29-25(31)16-11-15(2)19-9-10-30(22(19)12-16)37(33,34)24-13-17(27)5-8-23(24)35-3/h5-8,11-14H,4,9-10H2,1-3H3,(H,29,31). The maximum absolute atomic E-state index is 13.6. The van der Waals surface area contributed by atoms with Crippen molar-refractivity contribution in [2.75, 3.05) is 29.9 Å². The fraction of sp³-hybridized carbons (Fsp3) is 0.231. The Morgan fingerprint density at radius 3 is 2.51 bits per heavy atom. The number of hydrogen-bond acceptors (Lipinski definition) is 6. The van der Waals surface area contributed by atoms with Gasteiger partial charge in [0.15, 0.2) is 0 Å². The van der Waals surface area contributed by atoms with E-state index in [4.69, 9.17) is 32.7 Å². The molecule has 0 aliphatic carbocycles. The van der Waals surface area contributed by atoms with E-state index in [1.165, 1.54) is 35.7 Å². The number of nitrogens with zero attached hydrogens (tertiary/aromatic N) is 1. The lowest BCUT2D eigenvalue weighted by Gasteiger charge is -2.22. The molecule has 0 saturated heterocycles. The molecule has 194 valence electrons. The number of sulfonamides is 1. The van der Waals surface area contributed by atoms with Gasteiger partial charge in [-0.05, 0) is 79.9 Å². The molecule has 0 fully saturated rings. The number of rotatable bonds is 7. The van der Waals surface area contributed by atoms with Crippen LogP contribution in [0.4, 0.5) is 11.4 Å². The van der Waals surface area contributed by atoms with Gasteiger partial charge in [-0.15, -0.1) is 0 Å². The Balaban J connectivity index is 1.65. The number of ether oxygens (including phenoxy) is 2. The van der Waals surface area contributed by atoms with Gasteiger partial charge in [0.25, 0.3) is 15.9 Å². The molecule has 3 aromatic rings. The van der Waals surface area contributed by atoms with E-state index >= 15 is 0 Å². The molecule has 0 unspecified atom stereocenters. The monoisotopic (exact) mass is 562 g/mol. The molecule has 0 atom stereocenters. The van der Waals surface area contributed by atoms with Crippen molar-refractivity contribution < 1.29 is 27.5 Å². The first-order valence-electron chi connectivity index (χ1n) is 11.3. The van der Waals surface area contributed by atoms with Crippen LogP contribution in [-0.4, -0.2) is 40.6 Å². The zero-order chi connectivity index (χ0) is 26.9. The van der Waals surface area contributed by atoms with Gasteiger partial charge in [-0.3, -0.25) is 9.10 Å². The Morgan fingerprint density at radius 2 is 1.84 bits per heavy atom. The highest BCUT2D eigenvalue weighted by atomic mass is 35.5. The fourth-order valence-corrected chi connectivity index (χ4v) is 6.37. The molecule has 1 N–H and O–H groups in total. The molecule has 1 amide bonds. The fourth-order valence-electron chi connectivity index (χ4n) is 4.20. The summed E-state index contributed by atoms with van der Waals surface area (Å²) in [4.78, 5) is 25.0. The number of esters is 1. The normalized spacial score (nSPS) is 12.7. The van der Waals surface area contributed by atoms with Crippen molar-refractivity contribution in [3.8, 4) is 5.75 Å². The van der Waals surface area contributed by atoms with Crippen LogP contribution < -0.4 is 14.4 Å². The highest BCUT2D eigenvalue weighted by molar-refractivity contribution is 7.93. The Bertz CT molecular complexity index is 1510. The lowest BCUT2D eigenvalue weighted by atomic mass is 10.0. The third-order valence-electron chi connectivity index (χ3n) is 5.96. The highest BCUT2D eigenvalue weighted by Gasteiger charge is 2.34. The molecule has 1 aliphatic heterocycles. The summed E-state index contributed by atoms with van der Waals surface area (Å²) in [5, 5.41) is 3.14. The summed E-state index contributed by atoms with van der Waals surface area (Å²) in [5.41, 5.74) is 2.86.